The molecule has 0 aromatic heterocycles. The van der Waals surface area contributed by atoms with Gasteiger partial charge in [-0.05, 0) is 19.4 Å². The van der Waals surface area contributed by atoms with E-state index in [1.54, 1.807) is 4.90 Å². The van der Waals surface area contributed by atoms with Gasteiger partial charge in [0.1, 0.15) is 5.38 Å². The summed E-state index contributed by atoms with van der Waals surface area (Å²) in [6, 6.07) is 9.40. The number of amides is 1. The molecule has 0 heterocycles. The average Bonchev–Trinajstić information content (AvgIpc) is 2.35. The van der Waals surface area contributed by atoms with Crippen molar-refractivity contribution < 1.29 is 4.79 Å². The predicted octanol–water partition coefficient (Wildman–Crippen LogP) is 3.39. The topological polar surface area (TPSA) is 20.3 Å². The third-order valence-corrected chi connectivity index (χ3v) is 2.90. The van der Waals surface area contributed by atoms with E-state index >= 15 is 0 Å². The molecule has 0 N–H and O–H groups in total. The minimum atomic E-state index is -0.615. The molecule has 1 rings (SSSR count). The molecule has 0 aliphatic carbocycles. The van der Waals surface area contributed by atoms with Crippen molar-refractivity contribution in [3.8, 4) is 0 Å². The monoisotopic (exact) mass is 251 g/mol. The number of hydrogen-bond acceptors (Lipinski definition) is 1. The van der Waals surface area contributed by atoms with E-state index in [0.717, 1.165) is 11.1 Å². The van der Waals surface area contributed by atoms with Gasteiger partial charge in [-0.3, -0.25) is 4.79 Å². The summed E-state index contributed by atoms with van der Waals surface area (Å²) >= 11 is 6.19. The highest BCUT2D eigenvalue weighted by Gasteiger charge is 2.22. The Morgan fingerprint density at radius 3 is 2.47 bits per heavy atom. The van der Waals surface area contributed by atoms with Crippen molar-refractivity contribution in [2.24, 2.45) is 0 Å². The molecule has 1 atom stereocenters. The first kappa shape index (κ1) is 13.8. The van der Waals surface area contributed by atoms with Gasteiger partial charge in [0.05, 0.1) is 0 Å². The van der Waals surface area contributed by atoms with Crippen LogP contribution in [0.4, 0.5) is 0 Å². The van der Waals surface area contributed by atoms with Crippen LogP contribution in [0.1, 0.15) is 24.8 Å². The summed E-state index contributed by atoms with van der Waals surface area (Å²) < 4.78 is 0. The lowest BCUT2D eigenvalue weighted by atomic mass is 10.1. The van der Waals surface area contributed by atoms with Gasteiger partial charge in [0, 0.05) is 13.1 Å². The minimum Gasteiger partial charge on any atom is -0.337 e. The van der Waals surface area contributed by atoms with Crippen molar-refractivity contribution in [1.29, 1.82) is 0 Å². The maximum Gasteiger partial charge on any atom is 0.245 e. The highest BCUT2D eigenvalue weighted by Crippen LogP contribution is 2.22. The van der Waals surface area contributed by atoms with Gasteiger partial charge < -0.3 is 4.90 Å². The molecular weight excluding hydrogens is 234 g/mol. The van der Waals surface area contributed by atoms with Crippen LogP contribution in [0, 0.1) is 0 Å². The minimum absolute atomic E-state index is 0.0663. The molecule has 0 bridgehead atoms. The lowest BCUT2D eigenvalue weighted by molar-refractivity contribution is -0.130. The maximum atomic E-state index is 12.2. The van der Waals surface area contributed by atoms with Crippen LogP contribution in [0.25, 0.3) is 0 Å². The Hall–Kier alpha value is -1.28. The Labute approximate surface area is 108 Å². The van der Waals surface area contributed by atoms with Crippen molar-refractivity contribution >= 4 is 17.5 Å². The van der Waals surface area contributed by atoms with Crippen molar-refractivity contribution in [3.63, 3.8) is 0 Å². The van der Waals surface area contributed by atoms with E-state index < -0.39 is 5.38 Å². The van der Waals surface area contributed by atoms with Gasteiger partial charge >= 0.3 is 0 Å². The van der Waals surface area contributed by atoms with Gasteiger partial charge in [-0.15, -0.1) is 11.6 Å². The summed E-state index contributed by atoms with van der Waals surface area (Å²) in [5.41, 5.74) is 1.79. The Bertz CT molecular complexity index is 388. The number of carbonyl (C=O) groups excluding carboxylic acids is 1. The van der Waals surface area contributed by atoms with Crippen LogP contribution in [-0.4, -0.2) is 23.9 Å². The van der Waals surface area contributed by atoms with Crippen LogP contribution >= 0.6 is 11.6 Å². The first-order chi connectivity index (χ1) is 8.06. The highest BCUT2D eigenvalue weighted by molar-refractivity contribution is 6.30. The number of hydrogen-bond donors (Lipinski definition) is 0. The molecule has 17 heavy (non-hydrogen) atoms. The summed E-state index contributed by atoms with van der Waals surface area (Å²) in [7, 11) is 0. The Morgan fingerprint density at radius 1 is 1.41 bits per heavy atom. The zero-order valence-corrected chi connectivity index (χ0v) is 11.1. The fourth-order valence-electron chi connectivity index (χ4n) is 1.60. The van der Waals surface area contributed by atoms with Gasteiger partial charge in [-0.1, -0.05) is 42.5 Å². The van der Waals surface area contributed by atoms with Crippen LogP contribution in [0.15, 0.2) is 42.5 Å². The summed E-state index contributed by atoms with van der Waals surface area (Å²) in [6.45, 7) is 8.87. The second-order valence-electron chi connectivity index (χ2n) is 4.08. The predicted molar refractivity (Wildman–Crippen MR) is 72.1 cm³/mol. The smallest absolute Gasteiger partial charge is 0.245 e. The van der Waals surface area contributed by atoms with Crippen molar-refractivity contribution in [1.82, 2.24) is 4.90 Å². The molecule has 0 radical (unpaired) electrons. The molecule has 92 valence electrons. The van der Waals surface area contributed by atoms with Gasteiger partial charge in [-0.25, -0.2) is 0 Å². The molecule has 1 amide bonds. The van der Waals surface area contributed by atoms with E-state index in [0.29, 0.717) is 13.1 Å². The van der Waals surface area contributed by atoms with E-state index in [-0.39, 0.29) is 5.91 Å². The second-order valence-corrected chi connectivity index (χ2v) is 4.52. The fourth-order valence-corrected chi connectivity index (χ4v) is 1.88. The zero-order valence-electron chi connectivity index (χ0n) is 10.3. The molecule has 0 aliphatic heterocycles. The normalized spacial score (nSPS) is 11.9. The molecule has 0 fully saturated rings. The molecular formula is C14H18ClNO. The molecule has 2 nitrogen and oxygen atoms in total. The van der Waals surface area contributed by atoms with Gasteiger partial charge in [0.15, 0.2) is 0 Å². The van der Waals surface area contributed by atoms with E-state index in [4.69, 9.17) is 11.6 Å². The zero-order chi connectivity index (χ0) is 12.8. The number of likely N-dealkylation sites (N-methyl/N-ethyl adjacent to an activating group) is 1. The quantitative estimate of drug-likeness (QED) is 0.580. The number of alkyl halides is 1. The second kappa shape index (κ2) is 6.45. The standard InChI is InChI=1S/C14H18ClNO/c1-4-16(10-11(2)3)14(17)13(15)12-8-6-5-7-9-12/h5-9,13H,2,4,10H2,1,3H3. The van der Waals surface area contributed by atoms with E-state index in [9.17, 15) is 4.79 Å². The molecule has 1 aromatic rings. The summed E-state index contributed by atoms with van der Waals surface area (Å²) in [4.78, 5) is 13.9. The maximum absolute atomic E-state index is 12.2. The largest absolute Gasteiger partial charge is 0.337 e. The van der Waals surface area contributed by atoms with Crippen molar-refractivity contribution in [3.05, 3.63) is 48.0 Å². The summed E-state index contributed by atoms with van der Waals surface area (Å²) in [5.74, 6) is -0.0663. The Kier molecular flexibility index (Phi) is 5.23. The molecule has 0 spiro atoms. The lowest BCUT2D eigenvalue weighted by Gasteiger charge is -2.23. The first-order valence-corrected chi connectivity index (χ1v) is 6.12. The van der Waals surface area contributed by atoms with Crippen LogP contribution in [-0.2, 0) is 4.79 Å². The number of halogens is 1. The number of nitrogens with zero attached hydrogens (tertiary/aromatic N) is 1. The van der Waals surface area contributed by atoms with Crippen molar-refractivity contribution in [2.45, 2.75) is 19.2 Å². The van der Waals surface area contributed by atoms with E-state index in [1.165, 1.54) is 0 Å². The number of rotatable bonds is 5. The average molecular weight is 252 g/mol. The third kappa shape index (κ3) is 3.90. The molecule has 1 unspecified atom stereocenters. The number of benzene rings is 1. The van der Waals surface area contributed by atoms with Crippen molar-refractivity contribution in [2.75, 3.05) is 13.1 Å². The van der Waals surface area contributed by atoms with Crippen LogP contribution in [0.2, 0.25) is 0 Å². The molecule has 0 saturated carbocycles. The Morgan fingerprint density at radius 2 is 2.00 bits per heavy atom. The Balaban J connectivity index is 2.77. The van der Waals surface area contributed by atoms with Gasteiger partial charge in [0.25, 0.3) is 0 Å². The molecule has 0 saturated heterocycles. The molecule has 0 aliphatic rings. The third-order valence-electron chi connectivity index (χ3n) is 2.46. The molecule has 1 aromatic carbocycles. The SMILES string of the molecule is C=C(C)CN(CC)C(=O)C(Cl)c1ccccc1. The first-order valence-electron chi connectivity index (χ1n) is 5.68. The van der Waals surface area contributed by atoms with Crippen LogP contribution in [0.5, 0.6) is 0 Å². The van der Waals surface area contributed by atoms with Crippen LogP contribution < -0.4 is 0 Å². The molecule has 3 heteroatoms. The highest BCUT2D eigenvalue weighted by atomic mass is 35.5. The fraction of sp³-hybridized carbons (Fsp3) is 0.357. The van der Waals surface area contributed by atoms with Crippen LogP contribution in [0.3, 0.4) is 0 Å². The lowest BCUT2D eigenvalue weighted by Crippen LogP contribution is -2.34. The van der Waals surface area contributed by atoms with Gasteiger partial charge in [-0.2, -0.15) is 0 Å². The number of carbonyl (C=O) groups is 1. The summed E-state index contributed by atoms with van der Waals surface area (Å²) in [6.07, 6.45) is 0. The van der Waals surface area contributed by atoms with E-state index in [2.05, 4.69) is 6.58 Å². The van der Waals surface area contributed by atoms with E-state index in [1.807, 2.05) is 44.2 Å². The van der Waals surface area contributed by atoms with Gasteiger partial charge in [0.2, 0.25) is 5.91 Å². The summed E-state index contributed by atoms with van der Waals surface area (Å²) in [5, 5.41) is -0.615.